The third kappa shape index (κ3) is 4.08. The summed E-state index contributed by atoms with van der Waals surface area (Å²) in [6.45, 7) is 3.26. The number of thioether (sulfide) groups is 1. The van der Waals surface area contributed by atoms with Gasteiger partial charge in [-0.25, -0.2) is 9.59 Å². The smallest absolute Gasteiger partial charge is 0.337 e. The molecular weight excluding hydrogens is 346 g/mol. The number of ether oxygens (including phenoxy) is 2. The van der Waals surface area contributed by atoms with Gasteiger partial charge in [-0.1, -0.05) is 12.1 Å². The number of amides is 2. The van der Waals surface area contributed by atoms with Crippen molar-refractivity contribution in [2.24, 2.45) is 0 Å². The monoisotopic (exact) mass is 363 g/mol. The maximum absolute atomic E-state index is 12.4. The largest absolute Gasteiger partial charge is 0.465 e. The Kier molecular flexibility index (Phi) is 5.97. The number of benzene rings is 1. The minimum absolute atomic E-state index is 0.168. The molecule has 1 atom stereocenters. The molecule has 1 aliphatic rings. The molecule has 1 fully saturated rings. The fraction of sp³-hybridized carbons (Fsp3) is 0.294. The molecule has 8 heteroatoms. The van der Waals surface area contributed by atoms with E-state index in [0.717, 1.165) is 16.7 Å². The van der Waals surface area contributed by atoms with E-state index in [4.69, 9.17) is 4.74 Å². The summed E-state index contributed by atoms with van der Waals surface area (Å²) >= 11 is 0.755. The third-order valence-corrected chi connectivity index (χ3v) is 4.35. The lowest BCUT2D eigenvalue weighted by Crippen LogP contribution is -2.42. The number of methoxy groups -OCH3 is 1. The Hall–Kier alpha value is -2.61. The van der Waals surface area contributed by atoms with E-state index in [1.165, 1.54) is 20.1 Å². The Morgan fingerprint density at radius 2 is 1.88 bits per heavy atom. The van der Waals surface area contributed by atoms with E-state index in [1.54, 1.807) is 31.2 Å². The van der Waals surface area contributed by atoms with Crippen LogP contribution in [0.15, 0.2) is 29.2 Å². The summed E-state index contributed by atoms with van der Waals surface area (Å²) in [4.78, 5) is 48.8. The van der Waals surface area contributed by atoms with Crippen molar-refractivity contribution >= 4 is 40.9 Å². The van der Waals surface area contributed by atoms with Crippen LogP contribution in [-0.2, 0) is 19.1 Å². The van der Waals surface area contributed by atoms with Crippen LogP contribution < -0.4 is 0 Å². The second-order valence-electron chi connectivity index (χ2n) is 5.09. The van der Waals surface area contributed by atoms with Crippen LogP contribution in [0.25, 0.3) is 6.08 Å². The van der Waals surface area contributed by atoms with Gasteiger partial charge in [0.15, 0.2) is 0 Å². The second-order valence-corrected chi connectivity index (χ2v) is 6.09. The van der Waals surface area contributed by atoms with Gasteiger partial charge in [0.25, 0.3) is 11.1 Å². The first kappa shape index (κ1) is 18.7. The SMILES string of the molecule is CCOC(=O)C(C)N1C(=O)S/C(=C/c2ccc(C(=O)OC)cc2)C1=O. The van der Waals surface area contributed by atoms with Crippen molar-refractivity contribution in [3.05, 3.63) is 40.3 Å². The third-order valence-electron chi connectivity index (χ3n) is 3.47. The van der Waals surface area contributed by atoms with E-state index >= 15 is 0 Å². The zero-order valence-electron chi connectivity index (χ0n) is 14.0. The summed E-state index contributed by atoms with van der Waals surface area (Å²) in [7, 11) is 1.29. The summed E-state index contributed by atoms with van der Waals surface area (Å²) in [5.41, 5.74) is 1.02. The van der Waals surface area contributed by atoms with Gasteiger partial charge in [0, 0.05) is 0 Å². The summed E-state index contributed by atoms with van der Waals surface area (Å²) < 4.78 is 9.47. The van der Waals surface area contributed by atoms with Crippen molar-refractivity contribution in [2.75, 3.05) is 13.7 Å². The predicted octanol–water partition coefficient (Wildman–Crippen LogP) is 2.46. The van der Waals surface area contributed by atoms with Gasteiger partial charge in [-0.2, -0.15) is 0 Å². The Balaban J connectivity index is 2.19. The number of carbonyl (C=O) groups is 4. The molecule has 0 aliphatic carbocycles. The standard InChI is InChI=1S/C17H17NO6S/c1-4-24-15(20)10(2)18-14(19)13(25-17(18)22)9-11-5-7-12(8-6-11)16(21)23-3/h5-10H,4H2,1-3H3/b13-9+. The average Bonchev–Trinajstić information content (AvgIpc) is 2.88. The highest BCUT2D eigenvalue weighted by molar-refractivity contribution is 8.18. The molecule has 0 bridgehead atoms. The second kappa shape index (κ2) is 7.98. The molecule has 0 saturated carbocycles. The van der Waals surface area contributed by atoms with Crippen LogP contribution in [-0.4, -0.2) is 47.7 Å². The lowest BCUT2D eigenvalue weighted by atomic mass is 10.1. The molecule has 1 unspecified atom stereocenters. The van der Waals surface area contributed by atoms with Crippen LogP contribution in [0.2, 0.25) is 0 Å². The number of nitrogens with zero attached hydrogens (tertiary/aromatic N) is 1. The van der Waals surface area contributed by atoms with Crippen molar-refractivity contribution in [3.63, 3.8) is 0 Å². The number of carbonyl (C=O) groups excluding carboxylic acids is 4. The Labute approximate surface area is 149 Å². The summed E-state index contributed by atoms with van der Waals surface area (Å²) in [6, 6.07) is 5.40. The van der Waals surface area contributed by atoms with Crippen molar-refractivity contribution < 1.29 is 28.7 Å². The Morgan fingerprint density at radius 3 is 2.44 bits per heavy atom. The van der Waals surface area contributed by atoms with Crippen molar-refractivity contribution in [1.82, 2.24) is 4.90 Å². The topological polar surface area (TPSA) is 90.0 Å². The van der Waals surface area contributed by atoms with E-state index in [2.05, 4.69) is 4.74 Å². The van der Waals surface area contributed by atoms with Gasteiger partial charge in [0.05, 0.1) is 24.2 Å². The molecule has 0 N–H and O–H groups in total. The summed E-state index contributed by atoms with van der Waals surface area (Å²) in [5.74, 6) is -1.64. The molecule has 1 heterocycles. The molecule has 2 amide bonds. The number of esters is 2. The molecule has 25 heavy (non-hydrogen) atoms. The number of hydrogen-bond donors (Lipinski definition) is 0. The lowest BCUT2D eigenvalue weighted by molar-refractivity contribution is -0.150. The highest BCUT2D eigenvalue weighted by Crippen LogP contribution is 2.33. The van der Waals surface area contributed by atoms with Gasteiger partial charge in [0.2, 0.25) is 0 Å². The van der Waals surface area contributed by atoms with E-state index in [9.17, 15) is 19.2 Å². The van der Waals surface area contributed by atoms with E-state index in [0.29, 0.717) is 11.1 Å². The van der Waals surface area contributed by atoms with Gasteiger partial charge < -0.3 is 9.47 Å². The predicted molar refractivity (Wildman–Crippen MR) is 91.7 cm³/mol. The van der Waals surface area contributed by atoms with Gasteiger partial charge in [0.1, 0.15) is 6.04 Å². The van der Waals surface area contributed by atoms with Gasteiger partial charge in [-0.05, 0) is 49.4 Å². The fourth-order valence-electron chi connectivity index (χ4n) is 2.17. The van der Waals surface area contributed by atoms with Crippen LogP contribution in [0.3, 0.4) is 0 Å². The number of hydrogen-bond acceptors (Lipinski definition) is 7. The fourth-order valence-corrected chi connectivity index (χ4v) is 3.07. The van der Waals surface area contributed by atoms with Crippen molar-refractivity contribution in [1.29, 1.82) is 0 Å². The van der Waals surface area contributed by atoms with E-state index in [-0.39, 0.29) is 11.5 Å². The van der Waals surface area contributed by atoms with Crippen LogP contribution in [0.5, 0.6) is 0 Å². The molecule has 7 nitrogen and oxygen atoms in total. The molecular formula is C17H17NO6S. The molecule has 0 radical (unpaired) electrons. The van der Waals surface area contributed by atoms with Crippen LogP contribution in [0, 0.1) is 0 Å². The van der Waals surface area contributed by atoms with Crippen molar-refractivity contribution in [3.8, 4) is 0 Å². The van der Waals surface area contributed by atoms with Crippen LogP contribution in [0.1, 0.15) is 29.8 Å². The van der Waals surface area contributed by atoms with Crippen molar-refractivity contribution in [2.45, 2.75) is 19.9 Å². The lowest BCUT2D eigenvalue weighted by Gasteiger charge is -2.19. The minimum atomic E-state index is -0.986. The zero-order valence-corrected chi connectivity index (χ0v) is 14.8. The average molecular weight is 363 g/mol. The van der Waals surface area contributed by atoms with Crippen LogP contribution >= 0.6 is 11.8 Å². The molecule has 132 valence electrons. The maximum atomic E-state index is 12.4. The molecule has 1 saturated heterocycles. The first-order valence-corrected chi connectivity index (χ1v) is 8.32. The normalized spacial score (nSPS) is 16.9. The molecule has 2 rings (SSSR count). The molecule has 1 aromatic carbocycles. The van der Waals surface area contributed by atoms with Gasteiger partial charge in [-0.3, -0.25) is 14.5 Å². The first-order valence-electron chi connectivity index (χ1n) is 7.51. The summed E-state index contributed by atoms with van der Waals surface area (Å²) in [6.07, 6.45) is 1.53. The Morgan fingerprint density at radius 1 is 1.24 bits per heavy atom. The zero-order chi connectivity index (χ0) is 18.6. The van der Waals surface area contributed by atoms with E-state index < -0.39 is 29.1 Å². The highest BCUT2D eigenvalue weighted by atomic mass is 32.2. The molecule has 0 aromatic heterocycles. The number of rotatable bonds is 5. The maximum Gasteiger partial charge on any atom is 0.337 e. The summed E-state index contributed by atoms with van der Waals surface area (Å²) in [5, 5.41) is -0.525. The highest BCUT2D eigenvalue weighted by Gasteiger charge is 2.41. The van der Waals surface area contributed by atoms with Gasteiger partial charge in [-0.15, -0.1) is 0 Å². The Bertz CT molecular complexity index is 740. The molecule has 1 aliphatic heterocycles. The first-order chi connectivity index (χ1) is 11.9. The number of imide groups is 1. The minimum Gasteiger partial charge on any atom is -0.465 e. The van der Waals surface area contributed by atoms with Crippen LogP contribution in [0.4, 0.5) is 4.79 Å². The van der Waals surface area contributed by atoms with Gasteiger partial charge >= 0.3 is 11.9 Å². The quantitative estimate of drug-likeness (QED) is 0.586. The van der Waals surface area contributed by atoms with E-state index in [1.807, 2.05) is 0 Å². The molecule has 0 spiro atoms. The molecule has 1 aromatic rings.